The summed E-state index contributed by atoms with van der Waals surface area (Å²) in [6.45, 7) is 6.80. The second kappa shape index (κ2) is 7.94. The normalized spacial score (nSPS) is 22.6. The first-order valence-corrected chi connectivity index (χ1v) is 9.59. The quantitative estimate of drug-likeness (QED) is 0.771. The van der Waals surface area contributed by atoms with Crippen molar-refractivity contribution in [2.45, 2.75) is 38.3 Å². The molecule has 0 bridgehead atoms. The zero-order chi connectivity index (χ0) is 18.8. The number of carbonyl (C=O) groups is 1. The number of carbonyl (C=O) groups excluding carboxylic acids is 1. The molecule has 0 aromatic carbocycles. The van der Waals surface area contributed by atoms with Gasteiger partial charge in [-0.05, 0) is 32.4 Å². The maximum Gasteiger partial charge on any atom is 0.283 e. The van der Waals surface area contributed by atoms with Crippen LogP contribution in [0, 0.1) is 0 Å². The summed E-state index contributed by atoms with van der Waals surface area (Å²) < 4.78 is 1.39. The Kier molecular flexibility index (Phi) is 5.84. The monoisotopic (exact) mass is 382 g/mol. The number of halogens is 1. The molecule has 2 aliphatic heterocycles. The van der Waals surface area contributed by atoms with Crippen LogP contribution in [-0.4, -0.2) is 65.2 Å². The molecular weight excluding hydrogens is 356 g/mol. The van der Waals surface area contributed by atoms with Crippen LogP contribution in [0.3, 0.4) is 0 Å². The first kappa shape index (κ1) is 19.1. The van der Waals surface area contributed by atoms with E-state index >= 15 is 0 Å². The number of aromatic nitrogens is 2. The van der Waals surface area contributed by atoms with Gasteiger partial charge < -0.3 is 16.0 Å². The molecule has 9 heteroatoms. The first-order chi connectivity index (χ1) is 12.4. The van der Waals surface area contributed by atoms with Crippen LogP contribution in [0.4, 0.5) is 5.82 Å². The first-order valence-electron chi connectivity index (χ1n) is 9.21. The van der Waals surface area contributed by atoms with Crippen molar-refractivity contribution in [1.29, 1.82) is 0 Å². The molecule has 3 rings (SSSR count). The number of amides is 1. The molecular formula is C17H27ClN6O2. The fourth-order valence-electron chi connectivity index (χ4n) is 4.14. The molecule has 1 aromatic heterocycles. The lowest BCUT2D eigenvalue weighted by molar-refractivity contribution is 0.0932. The summed E-state index contributed by atoms with van der Waals surface area (Å²) in [7, 11) is 1.61. The molecule has 0 aliphatic carbocycles. The summed E-state index contributed by atoms with van der Waals surface area (Å²) >= 11 is 6.32. The van der Waals surface area contributed by atoms with Crippen molar-refractivity contribution in [2.24, 2.45) is 12.8 Å². The van der Waals surface area contributed by atoms with Gasteiger partial charge in [0.1, 0.15) is 5.82 Å². The van der Waals surface area contributed by atoms with Crippen molar-refractivity contribution >= 4 is 23.3 Å². The lowest BCUT2D eigenvalue weighted by Crippen LogP contribution is -2.58. The van der Waals surface area contributed by atoms with Crippen molar-refractivity contribution < 1.29 is 4.79 Å². The van der Waals surface area contributed by atoms with Crippen molar-refractivity contribution in [3.8, 4) is 0 Å². The van der Waals surface area contributed by atoms with Gasteiger partial charge in [0, 0.05) is 38.8 Å². The predicted octanol–water partition coefficient (Wildman–Crippen LogP) is 0.185. The van der Waals surface area contributed by atoms with Crippen LogP contribution >= 0.6 is 11.6 Å². The van der Waals surface area contributed by atoms with Gasteiger partial charge in [0.2, 0.25) is 0 Å². The second-order valence-electron chi connectivity index (χ2n) is 7.03. The van der Waals surface area contributed by atoms with Crippen LogP contribution in [0.25, 0.3) is 0 Å². The second-order valence-corrected chi connectivity index (χ2v) is 7.39. The molecule has 0 spiro atoms. The summed E-state index contributed by atoms with van der Waals surface area (Å²) in [4.78, 5) is 32.5. The molecule has 0 unspecified atom stereocenters. The molecule has 1 aromatic rings. The number of rotatable bonds is 4. The molecule has 26 heavy (non-hydrogen) atoms. The van der Waals surface area contributed by atoms with Crippen LogP contribution < -0.4 is 21.5 Å². The molecule has 2 fully saturated rings. The number of nitrogens with one attached hydrogen (secondary N) is 1. The highest BCUT2D eigenvalue weighted by molar-refractivity contribution is 6.31. The van der Waals surface area contributed by atoms with Gasteiger partial charge in [0.05, 0.1) is 0 Å². The highest BCUT2D eigenvalue weighted by Crippen LogP contribution is 2.27. The van der Waals surface area contributed by atoms with Gasteiger partial charge in [-0.15, -0.1) is 0 Å². The van der Waals surface area contributed by atoms with E-state index in [4.69, 9.17) is 17.3 Å². The smallest absolute Gasteiger partial charge is 0.283 e. The number of hydrogen-bond donors (Lipinski definition) is 2. The predicted molar refractivity (Wildman–Crippen MR) is 102 cm³/mol. The third-order valence-corrected chi connectivity index (χ3v) is 5.78. The summed E-state index contributed by atoms with van der Waals surface area (Å²) in [5.74, 6) is -0.300. The number of hydrogen-bond acceptors (Lipinski definition) is 6. The third kappa shape index (κ3) is 3.58. The number of piperidine rings is 1. The highest BCUT2D eigenvalue weighted by atomic mass is 35.5. The Labute approximate surface area is 158 Å². The SMILES string of the molecule is CC[C@H]1CN(c2c(Cl)nc(C(N)=O)c(=O)n2C)CCN1C1CCNCC1. The Morgan fingerprint density at radius 3 is 2.65 bits per heavy atom. The average Bonchev–Trinajstić information content (AvgIpc) is 2.65. The topological polar surface area (TPSA) is 96.5 Å². The lowest BCUT2D eigenvalue weighted by Gasteiger charge is -2.47. The van der Waals surface area contributed by atoms with Crippen LogP contribution in [0.5, 0.6) is 0 Å². The minimum absolute atomic E-state index is 0.145. The van der Waals surface area contributed by atoms with Gasteiger partial charge in [-0.25, -0.2) is 4.98 Å². The minimum atomic E-state index is -0.860. The summed E-state index contributed by atoms with van der Waals surface area (Å²) in [6, 6.07) is 1.01. The van der Waals surface area contributed by atoms with Crippen molar-refractivity contribution in [2.75, 3.05) is 37.6 Å². The van der Waals surface area contributed by atoms with E-state index in [1.807, 2.05) is 0 Å². The fourth-order valence-corrected chi connectivity index (χ4v) is 4.47. The number of primary amides is 1. The standard InChI is InChI=1S/C17H27ClN6O2/c1-3-11-10-23(8-9-24(11)12-4-6-20-7-5-12)16-14(18)21-13(15(19)25)17(26)22(16)2/h11-12,20H,3-10H2,1-2H3,(H2,19,25)/t11-/m0/s1. The lowest BCUT2D eigenvalue weighted by atomic mass is 9.99. The van der Waals surface area contributed by atoms with Crippen molar-refractivity contribution in [3.63, 3.8) is 0 Å². The number of anilines is 1. The summed E-state index contributed by atoms with van der Waals surface area (Å²) in [6.07, 6.45) is 3.37. The fraction of sp³-hybridized carbons (Fsp3) is 0.706. The molecule has 0 radical (unpaired) electrons. The van der Waals surface area contributed by atoms with Crippen LogP contribution in [-0.2, 0) is 7.05 Å². The molecule has 0 saturated carbocycles. The maximum absolute atomic E-state index is 12.4. The van der Waals surface area contributed by atoms with Gasteiger partial charge in [-0.3, -0.25) is 19.1 Å². The molecule has 3 heterocycles. The van der Waals surface area contributed by atoms with E-state index < -0.39 is 11.5 Å². The Bertz CT molecular complexity index is 731. The van der Waals surface area contributed by atoms with Crippen LogP contribution in [0.15, 0.2) is 4.79 Å². The van der Waals surface area contributed by atoms with Gasteiger partial charge in [0.15, 0.2) is 10.8 Å². The molecule has 8 nitrogen and oxygen atoms in total. The zero-order valence-corrected chi connectivity index (χ0v) is 16.1. The van der Waals surface area contributed by atoms with Gasteiger partial charge in [-0.2, -0.15) is 0 Å². The number of piperazine rings is 1. The van der Waals surface area contributed by atoms with Gasteiger partial charge in [-0.1, -0.05) is 18.5 Å². The third-order valence-electron chi connectivity index (χ3n) is 5.53. The molecule has 1 amide bonds. The van der Waals surface area contributed by atoms with Crippen molar-refractivity contribution in [1.82, 2.24) is 19.8 Å². The molecule has 2 aliphatic rings. The molecule has 1 atom stereocenters. The van der Waals surface area contributed by atoms with Crippen LogP contribution in [0.1, 0.15) is 36.7 Å². The van der Waals surface area contributed by atoms with E-state index in [9.17, 15) is 9.59 Å². The summed E-state index contributed by atoms with van der Waals surface area (Å²) in [5, 5.41) is 3.56. The van der Waals surface area contributed by atoms with E-state index in [-0.39, 0.29) is 10.8 Å². The number of nitrogens with zero attached hydrogens (tertiary/aromatic N) is 4. The Morgan fingerprint density at radius 2 is 2.04 bits per heavy atom. The molecule has 144 valence electrons. The van der Waals surface area contributed by atoms with E-state index in [0.717, 1.165) is 39.1 Å². The molecule has 3 N–H and O–H groups in total. The highest BCUT2D eigenvalue weighted by Gasteiger charge is 2.33. The summed E-state index contributed by atoms with van der Waals surface area (Å²) in [5.41, 5.74) is 4.40. The van der Waals surface area contributed by atoms with Gasteiger partial charge >= 0.3 is 0 Å². The Hall–Kier alpha value is -1.64. The molecule has 2 saturated heterocycles. The average molecular weight is 383 g/mol. The maximum atomic E-state index is 12.4. The zero-order valence-electron chi connectivity index (χ0n) is 15.4. The van der Waals surface area contributed by atoms with E-state index in [2.05, 4.69) is 27.0 Å². The minimum Gasteiger partial charge on any atom is -0.364 e. The Morgan fingerprint density at radius 1 is 1.35 bits per heavy atom. The van der Waals surface area contributed by atoms with E-state index in [1.165, 1.54) is 17.4 Å². The number of nitrogens with two attached hydrogens (primary N) is 1. The largest absolute Gasteiger partial charge is 0.364 e. The van der Waals surface area contributed by atoms with E-state index in [0.29, 0.717) is 17.9 Å². The van der Waals surface area contributed by atoms with Crippen molar-refractivity contribution in [3.05, 3.63) is 21.2 Å². The van der Waals surface area contributed by atoms with E-state index in [1.54, 1.807) is 7.05 Å². The van der Waals surface area contributed by atoms with Crippen LogP contribution in [0.2, 0.25) is 5.15 Å². The Balaban J connectivity index is 1.84. The van der Waals surface area contributed by atoms with Gasteiger partial charge in [0.25, 0.3) is 11.5 Å².